The summed E-state index contributed by atoms with van der Waals surface area (Å²) in [4.78, 5) is 17.2. The van der Waals surface area contributed by atoms with Gasteiger partial charge in [-0.25, -0.2) is 4.98 Å². The second kappa shape index (κ2) is 11.2. The molecule has 3 aromatic rings. The molecule has 1 amide bonds. The molecule has 1 aliphatic heterocycles. The van der Waals surface area contributed by atoms with Crippen LogP contribution in [0, 0.1) is 12.8 Å². The summed E-state index contributed by atoms with van der Waals surface area (Å²) in [5.41, 5.74) is 3.45. The first-order chi connectivity index (χ1) is 13.7. The van der Waals surface area contributed by atoms with E-state index in [9.17, 15) is 4.79 Å². The van der Waals surface area contributed by atoms with Crippen LogP contribution in [0.1, 0.15) is 34.5 Å². The molecule has 3 heterocycles. The van der Waals surface area contributed by atoms with Crippen LogP contribution in [0.3, 0.4) is 0 Å². The van der Waals surface area contributed by atoms with Crippen molar-refractivity contribution in [2.45, 2.75) is 26.4 Å². The van der Waals surface area contributed by atoms with Crippen LogP contribution in [0.15, 0.2) is 48.8 Å². The van der Waals surface area contributed by atoms with Crippen molar-refractivity contribution in [3.8, 4) is 5.75 Å². The molecule has 1 atom stereocenters. The summed E-state index contributed by atoms with van der Waals surface area (Å²) in [7, 11) is 0. The summed E-state index contributed by atoms with van der Waals surface area (Å²) < 4.78 is 7.93. The summed E-state index contributed by atoms with van der Waals surface area (Å²) in [6, 6.07) is 11.4. The zero-order valence-electron chi connectivity index (χ0n) is 17.0. The molecule has 0 radical (unpaired) electrons. The Balaban J connectivity index is 0.00000160. The number of fused-ring (bicyclic) bond motifs is 1. The number of carbonyl (C=O) groups is 1. The van der Waals surface area contributed by atoms with Gasteiger partial charge >= 0.3 is 0 Å². The maximum Gasteiger partial charge on any atom is 0.255 e. The second-order valence-corrected chi connectivity index (χ2v) is 7.39. The van der Waals surface area contributed by atoms with Crippen molar-refractivity contribution in [2.75, 3.05) is 19.6 Å². The Labute approximate surface area is 189 Å². The third-order valence-corrected chi connectivity index (χ3v) is 5.16. The van der Waals surface area contributed by atoms with Gasteiger partial charge in [0, 0.05) is 18.9 Å². The highest BCUT2D eigenvalue weighted by Crippen LogP contribution is 2.20. The van der Waals surface area contributed by atoms with E-state index in [1.165, 1.54) is 12.0 Å². The SMILES string of the molecule is Cc1ccc2nc(COc3ccccc3C(=O)NCCC3CCNC3)cn2c1.Cl.Cl. The molecule has 0 aliphatic carbocycles. The fraction of sp³-hybridized carbons (Fsp3) is 0.364. The highest BCUT2D eigenvalue weighted by molar-refractivity contribution is 5.96. The predicted molar refractivity (Wildman–Crippen MR) is 123 cm³/mol. The highest BCUT2D eigenvalue weighted by Gasteiger charge is 2.16. The summed E-state index contributed by atoms with van der Waals surface area (Å²) >= 11 is 0. The lowest BCUT2D eigenvalue weighted by Crippen LogP contribution is -2.26. The molecule has 1 aromatic carbocycles. The minimum absolute atomic E-state index is 0. The molecular formula is C22H28Cl2N4O2. The van der Waals surface area contributed by atoms with Gasteiger partial charge in [-0.05, 0) is 62.5 Å². The lowest BCUT2D eigenvalue weighted by molar-refractivity contribution is 0.0947. The summed E-state index contributed by atoms with van der Waals surface area (Å²) in [6.45, 7) is 5.18. The number of pyridine rings is 1. The first kappa shape index (κ1) is 24.0. The maximum atomic E-state index is 12.6. The molecule has 1 saturated heterocycles. The fourth-order valence-corrected chi connectivity index (χ4v) is 3.60. The largest absolute Gasteiger partial charge is 0.486 e. The Hall–Kier alpha value is -2.28. The number of nitrogens with one attached hydrogen (secondary N) is 2. The molecule has 2 aromatic heterocycles. The predicted octanol–water partition coefficient (Wildman–Crippen LogP) is 3.79. The van der Waals surface area contributed by atoms with E-state index >= 15 is 0 Å². The number of hydrogen-bond donors (Lipinski definition) is 2. The number of imidazole rings is 1. The minimum atomic E-state index is -0.0906. The zero-order valence-corrected chi connectivity index (χ0v) is 18.6. The molecule has 1 fully saturated rings. The number of para-hydroxylation sites is 1. The molecule has 4 rings (SSSR count). The number of hydrogen-bond acceptors (Lipinski definition) is 4. The van der Waals surface area contributed by atoms with E-state index in [1.807, 2.05) is 54.0 Å². The number of aryl methyl sites for hydroxylation is 1. The van der Waals surface area contributed by atoms with Gasteiger partial charge in [0.2, 0.25) is 0 Å². The van der Waals surface area contributed by atoms with E-state index in [-0.39, 0.29) is 30.7 Å². The first-order valence-electron chi connectivity index (χ1n) is 9.84. The van der Waals surface area contributed by atoms with Gasteiger partial charge in [-0.1, -0.05) is 18.2 Å². The maximum absolute atomic E-state index is 12.6. The van der Waals surface area contributed by atoms with Gasteiger partial charge < -0.3 is 19.8 Å². The van der Waals surface area contributed by atoms with E-state index in [2.05, 4.69) is 15.6 Å². The lowest BCUT2D eigenvalue weighted by Gasteiger charge is -2.12. The van der Waals surface area contributed by atoms with Crippen LogP contribution in [0.5, 0.6) is 5.75 Å². The molecule has 0 spiro atoms. The van der Waals surface area contributed by atoms with Gasteiger partial charge in [-0.2, -0.15) is 0 Å². The van der Waals surface area contributed by atoms with Crippen LogP contribution < -0.4 is 15.4 Å². The van der Waals surface area contributed by atoms with E-state index in [0.29, 0.717) is 30.4 Å². The summed E-state index contributed by atoms with van der Waals surface area (Å²) in [6.07, 6.45) is 6.18. The van der Waals surface area contributed by atoms with Crippen LogP contribution in [-0.2, 0) is 6.61 Å². The highest BCUT2D eigenvalue weighted by atomic mass is 35.5. The molecule has 8 heteroatoms. The van der Waals surface area contributed by atoms with Crippen LogP contribution >= 0.6 is 24.8 Å². The Bertz CT molecular complexity index is 971. The molecular weight excluding hydrogens is 423 g/mol. The molecule has 2 N–H and O–H groups in total. The van der Waals surface area contributed by atoms with Gasteiger partial charge in [-0.3, -0.25) is 4.79 Å². The van der Waals surface area contributed by atoms with Crippen LogP contribution in [0.2, 0.25) is 0 Å². The normalized spacial score (nSPS) is 15.3. The smallest absolute Gasteiger partial charge is 0.255 e. The number of rotatable bonds is 7. The van der Waals surface area contributed by atoms with Crippen molar-refractivity contribution >= 4 is 36.4 Å². The van der Waals surface area contributed by atoms with Crippen molar-refractivity contribution in [1.29, 1.82) is 0 Å². The number of benzene rings is 1. The van der Waals surface area contributed by atoms with Crippen LogP contribution in [-0.4, -0.2) is 34.9 Å². The molecule has 0 saturated carbocycles. The number of halogens is 2. The average molecular weight is 451 g/mol. The van der Waals surface area contributed by atoms with Gasteiger partial charge in [0.1, 0.15) is 18.0 Å². The number of carbonyl (C=O) groups excluding carboxylic acids is 1. The van der Waals surface area contributed by atoms with Gasteiger partial charge in [0.15, 0.2) is 0 Å². The van der Waals surface area contributed by atoms with Crippen molar-refractivity contribution in [3.05, 3.63) is 65.6 Å². The third-order valence-electron chi connectivity index (χ3n) is 5.16. The molecule has 30 heavy (non-hydrogen) atoms. The Kier molecular flexibility index (Phi) is 8.96. The van der Waals surface area contributed by atoms with Crippen molar-refractivity contribution < 1.29 is 9.53 Å². The molecule has 0 bridgehead atoms. The van der Waals surface area contributed by atoms with Gasteiger partial charge in [0.05, 0.1) is 11.3 Å². The average Bonchev–Trinajstić information content (AvgIpc) is 3.35. The topological polar surface area (TPSA) is 67.7 Å². The fourth-order valence-electron chi connectivity index (χ4n) is 3.60. The van der Waals surface area contributed by atoms with Crippen molar-refractivity contribution in [3.63, 3.8) is 0 Å². The number of ether oxygens (including phenoxy) is 1. The lowest BCUT2D eigenvalue weighted by atomic mass is 10.1. The van der Waals surface area contributed by atoms with Crippen LogP contribution in [0.4, 0.5) is 0 Å². The third kappa shape index (κ3) is 5.88. The van der Waals surface area contributed by atoms with Crippen molar-refractivity contribution in [1.82, 2.24) is 20.0 Å². The van der Waals surface area contributed by atoms with Gasteiger partial charge in [0.25, 0.3) is 5.91 Å². The summed E-state index contributed by atoms with van der Waals surface area (Å²) in [5, 5.41) is 6.38. The molecule has 6 nitrogen and oxygen atoms in total. The monoisotopic (exact) mass is 450 g/mol. The quantitative estimate of drug-likeness (QED) is 0.574. The Morgan fingerprint density at radius 1 is 1.23 bits per heavy atom. The number of amides is 1. The minimum Gasteiger partial charge on any atom is -0.486 e. The Morgan fingerprint density at radius 2 is 2.07 bits per heavy atom. The standard InChI is InChI=1S/C22H26N4O2.2ClH/c1-16-6-7-21-25-18(14-26(21)13-16)15-28-20-5-3-2-4-19(20)22(27)24-11-9-17-8-10-23-12-17;;/h2-7,13-14,17,23H,8-12,15H2,1H3,(H,24,27);2*1H. The van der Waals surface area contributed by atoms with E-state index < -0.39 is 0 Å². The second-order valence-electron chi connectivity index (χ2n) is 7.39. The molecule has 1 aliphatic rings. The number of nitrogens with zero attached hydrogens (tertiary/aromatic N) is 2. The molecule has 1 unspecified atom stereocenters. The van der Waals surface area contributed by atoms with E-state index in [4.69, 9.17) is 4.74 Å². The molecule has 162 valence electrons. The summed E-state index contributed by atoms with van der Waals surface area (Å²) in [5.74, 6) is 1.15. The first-order valence-corrected chi connectivity index (χ1v) is 9.84. The zero-order chi connectivity index (χ0) is 19.3. The van der Waals surface area contributed by atoms with Crippen LogP contribution in [0.25, 0.3) is 5.65 Å². The Morgan fingerprint density at radius 3 is 2.87 bits per heavy atom. The van der Waals surface area contributed by atoms with E-state index in [1.54, 1.807) is 6.07 Å². The number of aromatic nitrogens is 2. The van der Waals surface area contributed by atoms with E-state index in [0.717, 1.165) is 30.9 Å². The van der Waals surface area contributed by atoms with Gasteiger partial charge in [-0.15, -0.1) is 24.8 Å². The van der Waals surface area contributed by atoms with Crippen molar-refractivity contribution in [2.24, 2.45) is 5.92 Å².